The zero-order valence-electron chi connectivity index (χ0n) is 10.4. The lowest BCUT2D eigenvalue weighted by atomic mass is 10.1. The van der Waals surface area contributed by atoms with E-state index in [1.165, 1.54) is 0 Å². The molecule has 1 amide bonds. The Morgan fingerprint density at radius 1 is 0.947 bits per heavy atom. The van der Waals surface area contributed by atoms with Gasteiger partial charge in [-0.3, -0.25) is 4.79 Å². The number of carbonyl (C=O) groups excluding carboxylic acids is 2. The highest BCUT2D eigenvalue weighted by atomic mass is 16.7. The third kappa shape index (κ3) is 3.19. The van der Waals surface area contributed by atoms with Crippen molar-refractivity contribution in [1.29, 1.82) is 0 Å². The normalized spacial score (nSPS) is 9.74. The SMILES string of the molecule is Cc1ccccc1C(=O)NOC(=O)c1ccccc1. The van der Waals surface area contributed by atoms with Gasteiger partial charge in [0, 0.05) is 5.56 Å². The van der Waals surface area contributed by atoms with Crippen LogP contribution in [0, 0.1) is 6.92 Å². The Kier molecular flexibility index (Phi) is 3.93. The maximum Gasteiger partial charge on any atom is 0.362 e. The fourth-order valence-electron chi connectivity index (χ4n) is 1.61. The highest BCUT2D eigenvalue weighted by Gasteiger charge is 2.12. The molecule has 2 aromatic rings. The molecule has 0 aliphatic carbocycles. The number of nitrogens with one attached hydrogen (secondary N) is 1. The topological polar surface area (TPSA) is 55.4 Å². The minimum Gasteiger partial charge on any atom is -0.335 e. The molecule has 1 N–H and O–H groups in total. The molecule has 0 fully saturated rings. The molecule has 2 rings (SSSR count). The van der Waals surface area contributed by atoms with Crippen molar-refractivity contribution in [2.75, 3.05) is 0 Å². The van der Waals surface area contributed by atoms with Gasteiger partial charge in [0.2, 0.25) is 0 Å². The van der Waals surface area contributed by atoms with Crippen molar-refractivity contribution in [3.05, 3.63) is 71.3 Å². The number of aryl methyl sites for hydroxylation is 1. The van der Waals surface area contributed by atoms with Crippen LogP contribution in [0.3, 0.4) is 0 Å². The van der Waals surface area contributed by atoms with Gasteiger partial charge >= 0.3 is 5.97 Å². The number of hydrogen-bond acceptors (Lipinski definition) is 3. The number of hydroxylamine groups is 1. The van der Waals surface area contributed by atoms with Crippen molar-refractivity contribution in [1.82, 2.24) is 5.48 Å². The summed E-state index contributed by atoms with van der Waals surface area (Å²) in [5.74, 6) is -1.04. The molecule has 0 aliphatic heterocycles. The van der Waals surface area contributed by atoms with E-state index in [9.17, 15) is 9.59 Å². The lowest BCUT2D eigenvalue weighted by Crippen LogP contribution is -2.27. The van der Waals surface area contributed by atoms with E-state index in [2.05, 4.69) is 5.48 Å². The first-order chi connectivity index (χ1) is 9.18. The molecule has 0 radical (unpaired) electrons. The van der Waals surface area contributed by atoms with Crippen LogP contribution in [-0.2, 0) is 4.84 Å². The summed E-state index contributed by atoms with van der Waals surface area (Å²) in [6, 6.07) is 15.5. The Bertz CT molecular complexity index is 593. The van der Waals surface area contributed by atoms with E-state index >= 15 is 0 Å². The van der Waals surface area contributed by atoms with E-state index in [1.54, 1.807) is 42.5 Å². The second kappa shape index (κ2) is 5.82. The fraction of sp³-hybridized carbons (Fsp3) is 0.0667. The Labute approximate surface area is 111 Å². The van der Waals surface area contributed by atoms with E-state index in [0.29, 0.717) is 11.1 Å². The van der Waals surface area contributed by atoms with E-state index < -0.39 is 11.9 Å². The summed E-state index contributed by atoms with van der Waals surface area (Å²) >= 11 is 0. The van der Waals surface area contributed by atoms with Crippen molar-refractivity contribution in [3.63, 3.8) is 0 Å². The largest absolute Gasteiger partial charge is 0.362 e. The van der Waals surface area contributed by atoms with Crippen molar-refractivity contribution in [3.8, 4) is 0 Å². The summed E-state index contributed by atoms with van der Waals surface area (Å²) in [5, 5.41) is 0. The standard InChI is InChI=1S/C15H13NO3/c1-11-7-5-6-10-13(11)14(17)16-19-15(18)12-8-3-2-4-9-12/h2-10H,1H3,(H,16,17). The van der Waals surface area contributed by atoms with E-state index in [0.717, 1.165) is 5.56 Å². The van der Waals surface area contributed by atoms with Crippen LogP contribution in [0.4, 0.5) is 0 Å². The van der Waals surface area contributed by atoms with Crippen molar-refractivity contribution in [2.24, 2.45) is 0 Å². The molecule has 0 atom stereocenters. The molecule has 19 heavy (non-hydrogen) atoms. The maximum absolute atomic E-state index is 11.8. The monoisotopic (exact) mass is 255 g/mol. The molecule has 96 valence electrons. The van der Waals surface area contributed by atoms with Gasteiger partial charge in [0.1, 0.15) is 0 Å². The number of carbonyl (C=O) groups is 2. The van der Waals surface area contributed by atoms with Crippen LogP contribution < -0.4 is 5.48 Å². The predicted octanol–water partition coefficient (Wildman–Crippen LogP) is 2.50. The maximum atomic E-state index is 11.8. The molecular formula is C15H13NO3. The van der Waals surface area contributed by atoms with Gasteiger partial charge in [0.25, 0.3) is 5.91 Å². The van der Waals surface area contributed by atoms with Gasteiger partial charge in [0.15, 0.2) is 0 Å². The van der Waals surface area contributed by atoms with Gasteiger partial charge in [-0.25, -0.2) is 4.79 Å². The van der Waals surface area contributed by atoms with Gasteiger partial charge in [-0.15, -0.1) is 0 Å². The van der Waals surface area contributed by atoms with E-state index in [4.69, 9.17) is 4.84 Å². The van der Waals surface area contributed by atoms with Crippen LogP contribution in [0.2, 0.25) is 0 Å². The highest BCUT2D eigenvalue weighted by Crippen LogP contribution is 2.07. The first kappa shape index (κ1) is 12.8. The molecule has 2 aromatic carbocycles. The van der Waals surface area contributed by atoms with Gasteiger partial charge in [-0.05, 0) is 30.7 Å². The van der Waals surface area contributed by atoms with Gasteiger partial charge in [0.05, 0.1) is 5.56 Å². The second-order valence-corrected chi connectivity index (χ2v) is 4.00. The van der Waals surface area contributed by atoms with Crippen LogP contribution in [0.5, 0.6) is 0 Å². The second-order valence-electron chi connectivity index (χ2n) is 4.00. The fourth-order valence-corrected chi connectivity index (χ4v) is 1.61. The third-order valence-corrected chi connectivity index (χ3v) is 2.64. The summed E-state index contributed by atoms with van der Waals surface area (Å²) in [5.41, 5.74) is 3.82. The first-order valence-electron chi connectivity index (χ1n) is 5.80. The molecule has 0 aliphatic rings. The Morgan fingerprint density at radius 2 is 1.58 bits per heavy atom. The van der Waals surface area contributed by atoms with Crippen molar-refractivity contribution >= 4 is 11.9 Å². The zero-order valence-corrected chi connectivity index (χ0v) is 10.4. The van der Waals surface area contributed by atoms with Crippen LogP contribution in [0.15, 0.2) is 54.6 Å². The minimum absolute atomic E-state index is 0.382. The molecule has 4 heteroatoms. The molecule has 0 unspecified atom stereocenters. The summed E-state index contributed by atoms with van der Waals surface area (Å²) in [6.07, 6.45) is 0. The average Bonchev–Trinajstić information content (AvgIpc) is 2.46. The quantitative estimate of drug-likeness (QED) is 0.839. The zero-order chi connectivity index (χ0) is 13.7. The van der Waals surface area contributed by atoms with Crippen LogP contribution >= 0.6 is 0 Å². The van der Waals surface area contributed by atoms with E-state index in [-0.39, 0.29) is 0 Å². The molecular weight excluding hydrogens is 242 g/mol. The molecule has 0 saturated carbocycles. The van der Waals surface area contributed by atoms with Crippen LogP contribution in [0.1, 0.15) is 26.3 Å². The summed E-state index contributed by atoms with van der Waals surface area (Å²) < 4.78 is 0. The first-order valence-corrected chi connectivity index (χ1v) is 5.80. The lowest BCUT2D eigenvalue weighted by Gasteiger charge is -2.07. The summed E-state index contributed by atoms with van der Waals surface area (Å²) in [6.45, 7) is 1.81. The predicted molar refractivity (Wildman–Crippen MR) is 70.5 cm³/mol. The van der Waals surface area contributed by atoms with Gasteiger partial charge in [-0.1, -0.05) is 36.4 Å². The Balaban J connectivity index is 1.98. The Hall–Kier alpha value is -2.62. The average molecular weight is 255 g/mol. The highest BCUT2D eigenvalue weighted by molar-refractivity contribution is 5.96. The molecule has 0 aromatic heterocycles. The van der Waals surface area contributed by atoms with Crippen LogP contribution in [0.25, 0.3) is 0 Å². The van der Waals surface area contributed by atoms with Crippen molar-refractivity contribution < 1.29 is 14.4 Å². The van der Waals surface area contributed by atoms with E-state index in [1.807, 2.05) is 19.1 Å². The minimum atomic E-state index is -0.595. The number of amides is 1. The van der Waals surface area contributed by atoms with Crippen molar-refractivity contribution in [2.45, 2.75) is 6.92 Å². The molecule has 0 saturated heterocycles. The lowest BCUT2D eigenvalue weighted by molar-refractivity contribution is 0.0230. The molecule has 0 heterocycles. The number of rotatable bonds is 2. The van der Waals surface area contributed by atoms with Gasteiger partial charge < -0.3 is 4.84 Å². The Morgan fingerprint density at radius 3 is 2.26 bits per heavy atom. The molecule has 4 nitrogen and oxygen atoms in total. The third-order valence-electron chi connectivity index (χ3n) is 2.64. The molecule has 0 bridgehead atoms. The number of benzene rings is 2. The number of hydrogen-bond donors (Lipinski definition) is 1. The van der Waals surface area contributed by atoms with Gasteiger partial charge in [-0.2, -0.15) is 5.48 Å². The smallest absolute Gasteiger partial charge is 0.335 e. The summed E-state index contributed by atoms with van der Waals surface area (Å²) in [7, 11) is 0. The molecule has 0 spiro atoms. The van der Waals surface area contributed by atoms with Crippen LogP contribution in [-0.4, -0.2) is 11.9 Å². The summed E-state index contributed by atoms with van der Waals surface area (Å²) in [4.78, 5) is 28.2.